The molecule has 1 N–H and O–H groups in total. The van der Waals surface area contributed by atoms with E-state index in [0.717, 1.165) is 43.2 Å². The van der Waals surface area contributed by atoms with Crippen LogP contribution in [0.5, 0.6) is 0 Å². The van der Waals surface area contributed by atoms with Crippen molar-refractivity contribution >= 4 is 29.1 Å². The predicted octanol–water partition coefficient (Wildman–Crippen LogP) is 5.55. The van der Waals surface area contributed by atoms with Crippen LogP contribution < -0.4 is 5.32 Å². The number of hydrogen-bond acceptors (Lipinski definition) is 1. The van der Waals surface area contributed by atoms with Crippen LogP contribution in [0.25, 0.3) is 0 Å². The van der Waals surface area contributed by atoms with Gasteiger partial charge in [0.2, 0.25) is 5.91 Å². The summed E-state index contributed by atoms with van der Waals surface area (Å²) in [5.41, 5.74) is 1.84. The van der Waals surface area contributed by atoms with Gasteiger partial charge in [-0.1, -0.05) is 78.9 Å². The number of amides is 1. The summed E-state index contributed by atoms with van der Waals surface area (Å²) in [5, 5.41) is 4.27. The highest BCUT2D eigenvalue weighted by Crippen LogP contribution is 2.39. The second-order valence-corrected chi connectivity index (χ2v) is 7.58. The lowest BCUT2D eigenvalue weighted by Gasteiger charge is -2.36. The fraction of sp³-hybridized carbons (Fsp3) is 0.381. The average Bonchev–Trinajstić information content (AvgIpc) is 2.66. The summed E-state index contributed by atoms with van der Waals surface area (Å²) in [6, 6.07) is 15.8. The van der Waals surface area contributed by atoms with Gasteiger partial charge in [0.25, 0.3) is 0 Å². The molecule has 0 aliphatic heterocycles. The number of hydrogen-bond donors (Lipinski definition) is 1. The van der Waals surface area contributed by atoms with Crippen LogP contribution in [0.1, 0.15) is 43.2 Å². The van der Waals surface area contributed by atoms with Crippen LogP contribution >= 0.6 is 23.2 Å². The van der Waals surface area contributed by atoms with E-state index in [1.54, 1.807) is 6.07 Å². The molecule has 1 amide bonds. The minimum Gasteiger partial charge on any atom is -0.355 e. The van der Waals surface area contributed by atoms with E-state index in [9.17, 15) is 4.79 Å². The highest BCUT2D eigenvalue weighted by Gasteiger charge is 2.40. The van der Waals surface area contributed by atoms with Gasteiger partial charge in [0.1, 0.15) is 0 Å². The van der Waals surface area contributed by atoms with Gasteiger partial charge in [0.15, 0.2) is 0 Å². The predicted molar refractivity (Wildman–Crippen MR) is 104 cm³/mol. The maximum atomic E-state index is 13.1. The molecule has 2 aromatic carbocycles. The second-order valence-electron chi connectivity index (χ2n) is 6.76. The van der Waals surface area contributed by atoms with Crippen LogP contribution in [-0.2, 0) is 16.6 Å². The Hall–Kier alpha value is -1.51. The number of carbonyl (C=O) groups excluding carboxylic acids is 1. The molecule has 0 radical (unpaired) electrons. The van der Waals surface area contributed by atoms with Crippen LogP contribution in [0, 0.1) is 0 Å². The summed E-state index contributed by atoms with van der Waals surface area (Å²) in [7, 11) is 0. The van der Waals surface area contributed by atoms with Crippen LogP contribution in [0.3, 0.4) is 0 Å². The fourth-order valence-corrected chi connectivity index (χ4v) is 4.06. The standard InChI is InChI=1S/C21H23Cl2NO/c22-18-10-9-16(15-19(18)23)11-14-24-20(25)21(12-5-2-6-13-21)17-7-3-1-4-8-17/h1,3-4,7-10,15H,2,5-6,11-14H2,(H,24,25). The molecule has 3 rings (SSSR count). The summed E-state index contributed by atoms with van der Waals surface area (Å²) in [6.07, 6.45) is 6.02. The van der Waals surface area contributed by atoms with Gasteiger partial charge in [-0.05, 0) is 42.5 Å². The Morgan fingerprint density at radius 3 is 2.36 bits per heavy atom. The average molecular weight is 376 g/mol. The minimum absolute atomic E-state index is 0.151. The summed E-state index contributed by atoms with van der Waals surface area (Å²) >= 11 is 12.0. The highest BCUT2D eigenvalue weighted by atomic mass is 35.5. The van der Waals surface area contributed by atoms with Crippen LogP contribution in [0.15, 0.2) is 48.5 Å². The van der Waals surface area contributed by atoms with E-state index in [-0.39, 0.29) is 11.3 Å². The van der Waals surface area contributed by atoms with E-state index in [4.69, 9.17) is 23.2 Å². The van der Waals surface area contributed by atoms with E-state index in [1.165, 1.54) is 6.42 Å². The number of carbonyl (C=O) groups is 1. The lowest BCUT2D eigenvalue weighted by atomic mass is 9.68. The Morgan fingerprint density at radius 1 is 0.960 bits per heavy atom. The first-order chi connectivity index (χ1) is 12.1. The number of halogens is 2. The zero-order chi connectivity index (χ0) is 17.7. The molecule has 25 heavy (non-hydrogen) atoms. The van der Waals surface area contributed by atoms with Crippen LogP contribution in [0.4, 0.5) is 0 Å². The fourth-order valence-electron chi connectivity index (χ4n) is 3.74. The van der Waals surface area contributed by atoms with E-state index < -0.39 is 0 Å². The third kappa shape index (κ3) is 4.19. The molecule has 1 fully saturated rings. The second kappa shape index (κ2) is 8.25. The quantitative estimate of drug-likeness (QED) is 0.728. The molecule has 0 spiro atoms. The van der Waals surface area contributed by atoms with Gasteiger partial charge in [-0.25, -0.2) is 0 Å². The summed E-state index contributed by atoms with van der Waals surface area (Å²) in [6.45, 7) is 0.603. The third-order valence-corrected chi connectivity index (χ3v) is 5.89. The van der Waals surface area contributed by atoms with Crippen LogP contribution in [-0.4, -0.2) is 12.5 Å². The lowest BCUT2D eigenvalue weighted by molar-refractivity contribution is -0.128. The van der Waals surface area contributed by atoms with Gasteiger partial charge in [-0.3, -0.25) is 4.79 Å². The van der Waals surface area contributed by atoms with Crippen molar-refractivity contribution in [1.29, 1.82) is 0 Å². The third-order valence-electron chi connectivity index (χ3n) is 5.15. The minimum atomic E-state index is -0.378. The molecule has 2 aromatic rings. The van der Waals surface area contributed by atoms with Gasteiger partial charge in [-0.2, -0.15) is 0 Å². The molecule has 4 heteroatoms. The molecule has 0 unspecified atom stereocenters. The van der Waals surface area contributed by atoms with E-state index in [1.807, 2.05) is 30.3 Å². The summed E-state index contributed by atoms with van der Waals surface area (Å²) in [5.74, 6) is 0.151. The van der Waals surface area contributed by atoms with Gasteiger partial charge in [0, 0.05) is 6.54 Å². The molecule has 0 bridgehead atoms. The normalized spacial score (nSPS) is 16.4. The van der Waals surface area contributed by atoms with E-state index in [0.29, 0.717) is 16.6 Å². The number of nitrogens with one attached hydrogen (secondary N) is 1. The molecular formula is C21H23Cl2NO. The van der Waals surface area contributed by atoms with E-state index >= 15 is 0 Å². The van der Waals surface area contributed by atoms with Crippen molar-refractivity contribution in [3.63, 3.8) is 0 Å². The molecule has 132 valence electrons. The molecule has 0 aromatic heterocycles. The smallest absolute Gasteiger partial charge is 0.230 e. The monoisotopic (exact) mass is 375 g/mol. The van der Waals surface area contributed by atoms with Crippen molar-refractivity contribution in [1.82, 2.24) is 5.32 Å². The Balaban J connectivity index is 1.68. The van der Waals surface area contributed by atoms with Crippen molar-refractivity contribution in [2.75, 3.05) is 6.54 Å². The highest BCUT2D eigenvalue weighted by molar-refractivity contribution is 6.42. The maximum absolute atomic E-state index is 13.1. The molecule has 0 saturated heterocycles. The molecule has 1 aliphatic rings. The Kier molecular flexibility index (Phi) is 6.03. The summed E-state index contributed by atoms with van der Waals surface area (Å²) in [4.78, 5) is 13.1. The van der Waals surface area contributed by atoms with Gasteiger partial charge < -0.3 is 5.32 Å². The first-order valence-corrected chi connectivity index (χ1v) is 9.65. The maximum Gasteiger partial charge on any atom is 0.230 e. The number of rotatable bonds is 5. The molecular weight excluding hydrogens is 353 g/mol. The van der Waals surface area contributed by atoms with Gasteiger partial charge in [0.05, 0.1) is 15.5 Å². The molecule has 0 heterocycles. The van der Waals surface area contributed by atoms with Gasteiger partial charge >= 0.3 is 0 Å². The molecule has 1 saturated carbocycles. The SMILES string of the molecule is O=C(NCCc1ccc(Cl)c(Cl)c1)C1(c2ccccc2)CCCCC1. The van der Waals surface area contributed by atoms with Crippen molar-refractivity contribution in [3.8, 4) is 0 Å². The zero-order valence-corrected chi connectivity index (χ0v) is 15.7. The Bertz CT molecular complexity index is 724. The Morgan fingerprint density at radius 2 is 1.68 bits per heavy atom. The largest absolute Gasteiger partial charge is 0.355 e. The lowest BCUT2D eigenvalue weighted by Crippen LogP contribution is -2.46. The summed E-state index contributed by atoms with van der Waals surface area (Å²) < 4.78 is 0. The molecule has 1 aliphatic carbocycles. The first kappa shape index (κ1) is 18.3. The van der Waals surface area contributed by atoms with Crippen molar-refractivity contribution in [2.24, 2.45) is 0 Å². The van der Waals surface area contributed by atoms with Crippen molar-refractivity contribution in [2.45, 2.75) is 43.9 Å². The zero-order valence-electron chi connectivity index (χ0n) is 14.2. The first-order valence-electron chi connectivity index (χ1n) is 8.90. The molecule has 0 atom stereocenters. The van der Waals surface area contributed by atoms with Crippen LogP contribution in [0.2, 0.25) is 10.0 Å². The van der Waals surface area contributed by atoms with Gasteiger partial charge in [-0.15, -0.1) is 0 Å². The molecule has 2 nitrogen and oxygen atoms in total. The topological polar surface area (TPSA) is 29.1 Å². The van der Waals surface area contributed by atoms with Crippen molar-refractivity contribution < 1.29 is 4.79 Å². The number of benzene rings is 2. The van der Waals surface area contributed by atoms with Crippen molar-refractivity contribution in [3.05, 3.63) is 69.7 Å². The Labute approximate surface area is 159 Å². The van der Waals surface area contributed by atoms with E-state index in [2.05, 4.69) is 17.4 Å².